The van der Waals surface area contributed by atoms with Gasteiger partial charge < -0.3 is 5.11 Å². The summed E-state index contributed by atoms with van der Waals surface area (Å²) in [6.07, 6.45) is 5.06. The third kappa shape index (κ3) is 1.62. The molecule has 0 aromatic carbocycles. The predicted octanol–water partition coefficient (Wildman–Crippen LogP) is 2.09. The van der Waals surface area contributed by atoms with Crippen molar-refractivity contribution in [3.8, 4) is 11.1 Å². The number of aromatic nitrogens is 3. The SMILES string of the molecule is O=C(O)c1cc(-c2cnn3ccccc23)ccn1. The van der Waals surface area contributed by atoms with Crippen LogP contribution >= 0.6 is 0 Å². The first kappa shape index (κ1) is 10.5. The number of carbonyl (C=O) groups is 1. The van der Waals surface area contributed by atoms with E-state index in [9.17, 15) is 4.79 Å². The number of carboxylic acids is 1. The second-order valence-electron chi connectivity index (χ2n) is 3.82. The van der Waals surface area contributed by atoms with Crippen LogP contribution in [-0.4, -0.2) is 25.7 Å². The minimum absolute atomic E-state index is 0.0304. The number of pyridine rings is 2. The fourth-order valence-corrected chi connectivity index (χ4v) is 1.87. The molecule has 5 heteroatoms. The van der Waals surface area contributed by atoms with Crippen molar-refractivity contribution in [2.45, 2.75) is 0 Å². The number of carboxylic acid groups (broad SMARTS) is 1. The van der Waals surface area contributed by atoms with Gasteiger partial charge in [0, 0.05) is 18.0 Å². The number of nitrogens with zero attached hydrogens (tertiary/aromatic N) is 3. The third-order valence-corrected chi connectivity index (χ3v) is 2.72. The number of hydrogen-bond acceptors (Lipinski definition) is 3. The third-order valence-electron chi connectivity index (χ3n) is 2.72. The van der Waals surface area contributed by atoms with Gasteiger partial charge in [-0.3, -0.25) is 0 Å². The van der Waals surface area contributed by atoms with Gasteiger partial charge in [0.2, 0.25) is 0 Å². The highest BCUT2D eigenvalue weighted by Gasteiger charge is 2.09. The molecule has 3 heterocycles. The summed E-state index contributed by atoms with van der Waals surface area (Å²) in [5, 5.41) is 13.2. The van der Waals surface area contributed by atoms with Crippen molar-refractivity contribution in [3.63, 3.8) is 0 Å². The van der Waals surface area contributed by atoms with Gasteiger partial charge in [0.1, 0.15) is 5.69 Å². The summed E-state index contributed by atoms with van der Waals surface area (Å²) in [6, 6.07) is 9.06. The highest BCUT2D eigenvalue weighted by molar-refractivity contribution is 5.88. The lowest BCUT2D eigenvalue weighted by Gasteiger charge is -2.00. The summed E-state index contributed by atoms with van der Waals surface area (Å²) in [5.74, 6) is -1.03. The molecule has 0 spiro atoms. The predicted molar refractivity (Wildman–Crippen MR) is 65.4 cm³/mol. The molecule has 0 radical (unpaired) electrons. The van der Waals surface area contributed by atoms with E-state index in [0.29, 0.717) is 0 Å². The van der Waals surface area contributed by atoms with Crippen molar-refractivity contribution in [2.24, 2.45) is 0 Å². The molecule has 0 aliphatic carbocycles. The molecule has 0 atom stereocenters. The van der Waals surface area contributed by atoms with Gasteiger partial charge in [0.25, 0.3) is 0 Å². The molecule has 3 aromatic heterocycles. The Bertz CT molecular complexity index is 734. The quantitative estimate of drug-likeness (QED) is 0.743. The molecule has 0 aliphatic rings. The number of hydrogen-bond donors (Lipinski definition) is 1. The molecule has 0 saturated carbocycles. The molecule has 0 amide bonds. The van der Waals surface area contributed by atoms with Crippen LogP contribution in [0.25, 0.3) is 16.6 Å². The summed E-state index contributed by atoms with van der Waals surface area (Å²) < 4.78 is 1.75. The zero-order chi connectivity index (χ0) is 12.5. The second-order valence-corrected chi connectivity index (χ2v) is 3.82. The monoisotopic (exact) mass is 239 g/mol. The van der Waals surface area contributed by atoms with Gasteiger partial charge in [-0.15, -0.1) is 0 Å². The van der Waals surface area contributed by atoms with Gasteiger partial charge in [-0.25, -0.2) is 14.3 Å². The van der Waals surface area contributed by atoms with Gasteiger partial charge in [0.05, 0.1) is 11.7 Å². The Morgan fingerprint density at radius 2 is 2.17 bits per heavy atom. The molecule has 3 rings (SSSR count). The van der Waals surface area contributed by atoms with Crippen molar-refractivity contribution in [1.29, 1.82) is 0 Å². The van der Waals surface area contributed by atoms with Crippen LogP contribution in [-0.2, 0) is 0 Å². The summed E-state index contributed by atoms with van der Waals surface area (Å²) in [7, 11) is 0. The van der Waals surface area contributed by atoms with E-state index < -0.39 is 5.97 Å². The van der Waals surface area contributed by atoms with Crippen LogP contribution in [0, 0.1) is 0 Å². The summed E-state index contributed by atoms with van der Waals surface area (Å²) in [4.78, 5) is 14.7. The first-order chi connectivity index (χ1) is 8.75. The Morgan fingerprint density at radius 1 is 1.28 bits per heavy atom. The topological polar surface area (TPSA) is 67.5 Å². The minimum atomic E-state index is -1.03. The average molecular weight is 239 g/mol. The lowest BCUT2D eigenvalue weighted by atomic mass is 10.1. The van der Waals surface area contributed by atoms with E-state index in [1.165, 1.54) is 6.20 Å². The molecular weight excluding hydrogens is 230 g/mol. The van der Waals surface area contributed by atoms with Crippen molar-refractivity contribution in [1.82, 2.24) is 14.6 Å². The smallest absolute Gasteiger partial charge is 0.354 e. The Balaban J connectivity index is 2.20. The van der Waals surface area contributed by atoms with Gasteiger partial charge in [-0.1, -0.05) is 6.07 Å². The maximum absolute atomic E-state index is 10.9. The van der Waals surface area contributed by atoms with Crippen molar-refractivity contribution in [2.75, 3.05) is 0 Å². The first-order valence-corrected chi connectivity index (χ1v) is 5.38. The zero-order valence-corrected chi connectivity index (χ0v) is 9.32. The molecule has 18 heavy (non-hydrogen) atoms. The minimum Gasteiger partial charge on any atom is -0.477 e. The lowest BCUT2D eigenvalue weighted by Crippen LogP contribution is -1.99. The highest BCUT2D eigenvalue weighted by atomic mass is 16.4. The van der Waals surface area contributed by atoms with Crippen molar-refractivity contribution in [3.05, 3.63) is 54.6 Å². The summed E-state index contributed by atoms with van der Waals surface area (Å²) in [5.41, 5.74) is 2.65. The molecule has 88 valence electrons. The summed E-state index contributed by atoms with van der Waals surface area (Å²) >= 11 is 0. The number of rotatable bonds is 2. The van der Waals surface area contributed by atoms with E-state index >= 15 is 0 Å². The molecule has 1 N–H and O–H groups in total. The Hall–Kier alpha value is -2.69. The van der Waals surface area contributed by atoms with Crippen LogP contribution in [0.3, 0.4) is 0 Å². The van der Waals surface area contributed by atoms with Crippen LogP contribution < -0.4 is 0 Å². The van der Waals surface area contributed by atoms with Crippen LogP contribution in [0.15, 0.2) is 48.9 Å². The van der Waals surface area contributed by atoms with Crippen molar-refractivity contribution < 1.29 is 9.90 Å². The maximum atomic E-state index is 10.9. The van der Waals surface area contributed by atoms with Crippen LogP contribution in [0.2, 0.25) is 0 Å². The van der Waals surface area contributed by atoms with E-state index in [1.54, 1.807) is 22.8 Å². The van der Waals surface area contributed by atoms with E-state index in [1.807, 2.05) is 24.4 Å². The van der Waals surface area contributed by atoms with Crippen LogP contribution in [0.4, 0.5) is 0 Å². The van der Waals surface area contributed by atoms with E-state index in [-0.39, 0.29) is 5.69 Å². The number of aromatic carboxylic acids is 1. The van der Waals surface area contributed by atoms with E-state index in [2.05, 4.69) is 10.1 Å². The average Bonchev–Trinajstić information content (AvgIpc) is 2.82. The Morgan fingerprint density at radius 3 is 3.00 bits per heavy atom. The molecule has 0 saturated heterocycles. The van der Waals surface area contributed by atoms with E-state index in [4.69, 9.17) is 5.11 Å². The first-order valence-electron chi connectivity index (χ1n) is 5.38. The molecule has 0 aliphatic heterocycles. The summed E-state index contributed by atoms with van der Waals surface area (Å²) in [6.45, 7) is 0. The zero-order valence-electron chi connectivity index (χ0n) is 9.32. The highest BCUT2D eigenvalue weighted by Crippen LogP contribution is 2.24. The molecule has 0 unspecified atom stereocenters. The van der Waals surface area contributed by atoms with Crippen LogP contribution in [0.1, 0.15) is 10.5 Å². The fraction of sp³-hybridized carbons (Fsp3) is 0. The number of fused-ring (bicyclic) bond motifs is 1. The molecule has 0 fully saturated rings. The molecular formula is C13H9N3O2. The molecule has 5 nitrogen and oxygen atoms in total. The van der Waals surface area contributed by atoms with Gasteiger partial charge in [0.15, 0.2) is 0 Å². The van der Waals surface area contributed by atoms with Gasteiger partial charge in [-0.2, -0.15) is 5.10 Å². The largest absolute Gasteiger partial charge is 0.477 e. The van der Waals surface area contributed by atoms with Crippen LogP contribution in [0.5, 0.6) is 0 Å². The van der Waals surface area contributed by atoms with E-state index in [0.717, 1.165) is 16.6 Å². The standard InChI is InChI=1S/C13H9N3O2/c17-13(18)11-7-9(4-5-14-11)10-8-15-16-6-2-1-3-12(10)16/h1-8H,(H,17,18). The second kappa shape index (κ2) is 3.96. The Kier molecular flexibility index (Phi) is 2.30. The molecule has 3 aromatic rings. The Labute approximate surface area is 102 Å². The van der Waals surface area contributed by atoms with Gasteiger partial charge in [-0.05, 0) is 29.8 Å². The normalized spacial score (nSPS) is 10.7. The van der Waals surface area contributed by atoms with Gasteiger partial charge >= 0.3 is 5.97 Å². The molecule has 0 bridgehead atoms. The van der Waals surface area contributed by atoms with Crippen molar-refractivity contribution >= 4 is 11.5 Å². The maximum Gasteiger partial charge on any atom is 0.354 e. The lowest BCUT2D eigenvalue weighted by molar-refractivity contribution is 0.0690. The fourth-order valence-electron chi connectivity index (χ4n) is 1.87.